The molecule has 2 aliphatic heterocycles. The first-order valence-electron chi connectivity index (χ1n) is 7.93. The molecule has 0 saturated carbocycles. The van der Waals surface area contributed by atoms with Gasteiger partial charge in [0.2, 0.25) is 5.91 Å². The van der Waals surface area contributed by atoms with Gasteiger partial charge in [-0.3, -0.25) is 4.79 Å². The summed E-state index contributed by atoms with van der Waals surface area (Å²) in [5, 5.41) is 12.9. The van der Waals surface area contributed by atoms with Crippen LogP contribution in [-0.2, 0) is 9.59 Å². The van der Waals surface area contributed by atoms with Crippen LogP contribution in [0.2, 0.25) is 0 Å². The Hall–Kier alpha value is -1.10. The van der Waals surface area contributed by atoms with E-state index in [9.17, 15) is 14.7 Å². The molecule has 2 saturated heterocycles. The van der Waals surface area contributed by atoms with Crippen molar-refractivity contribution < 1.29 is 14.7 Å². The molecule has 120 valence electrons. The van der Waals surface area contributed by atoms with Gasteiger partial charge < -0.3 is 15.3 Å². The minimum absolute atomic E-state index is 0.0418. The first-order valence-corrected chi connectivity index (χ1v) is 7.93. The summed E-state index contributed by atoms with van der Waals surface area (Å²) >= 11 is 0. The standard InChI is InChI=1S/C16H28N2O3/c1-15(2)7-5-9-17-11(15)13(19)18-10-6-8-16(3,4)12(18)14(20)21/h11-12,17H,5-10H2,1-4H3,(H,20,21). The molecule has 2 atom stereocenters. The van der Waals surface area contributed by atoms with E-state index in [-0.39, 0.29) is 22.8 Å². The molecule has 0 aromatic carbocycles. The highest BCUT2D eigenvalue weighted by atomic mass is 16.4. The molecule has 5 nitrogen and oxygen atoms in total. The molecular formula is C16H28N2O3. The highest BCUT2D eigenvalue weighted by molar-refractivity contribution is 5.88. The molecule has 5 heteroatoms. The molecular weight excluding hydrogens is 268 g/mol. The van der Waals surface area contributed by atoms with Gasteiger partial charge in [0.05, 0.1) is 6.04 Å². The monoisotopic (exact) mass is 296 g/mol. The Labute approximate surface area is 127 Å². The van der Waals surface area contributed by atoms with Crippen molar-refractivity contribution in [1.29, 1.82) is 0 Å². The number of carboxylic acids is 1. The van der Waals surface area contributed by atoms with Crippen molar-refractivity contribution in [2.24, 2.45) is 10.8 Å². The van der Waals surface area contributed by atoms with Crippen molar-refractivity contribution >= 4 is 11.9 Å². The van der Waals surface area contributed by atoms with E-state index >= 15 is 0 Å². The van der Waals surface area contributed by atoms with Crippen LogP contribution in [0.4, 0.5) is 0 Å². The van der Waals surface area contributed by atoms with Crippen molar-refractivity contribution in [3.63, 3.8) is 0 Å². The van der Waals surface area contributed by atoms with Gasteiger partial charge in [-0.1, -0.05) is 27.7 Å². The van der Waals surface area contributed by atoms with E-state index in [4.69, 9.17) is 0 Å². The predicted molar refractivity (Wildman–Crippen MR) is 81.0 cm³/mol. The quantitative estimate of drug-likeness (QED) is 0.816. The summed E-state index contributed by atoms with van der Waals surface area (Å²) in [4.78, 5) is 26.3. The maximum atomic E-state index is 13.0. The maximum absolute atomic E-state index is 13.0. The Morgan fingerprint density at radius 2 is 1.71 bits per heavy atom. The van der Waals surface area contributed by atoms with Crippen LogP contribution < -0.4 is 5.32 Å². The van der Waals surface area contributed by atoms with Crippen molar-refractivity contribution in [1.82, 2.24) is 10.2 Å². The summed E-state index contributed by atoms with van der Waals surface area (Å²) in [7, 11) is 0. The van der Waals surface area contributed by atoms with E-state index in [1.165, 1.54) is 0 Å². The van der Waals surface area contributed by atoms with Crippen LogP contribution in [0.25, 0.3) is 0 Å². The number of likely N-dealkylation sites (tertiary alicyclic amines) is 1. The van der Waals surface area contributed by atoms with E-state index in [1.807, 2.05) is 13.8 Å². The highest BCUT2D eigenvalue weighted by Gasteiger charge is 2.48. The second-order valence-corrected chi connectivity index (χ2v) is 7.84. The topological polar surface area (TPSA) is 69.6 Å². The van der Waals surface area contributed by atoms with E-state index in [1.54, 1.807) is 4.90 Å². The molecule has 2 N–H and O–H groups in total. The summed E-state index contributed by atoms with van der Waals surface area (Å²) in [5.41, 5.74) is -0.501. The fraction of sp³-hybridized carbons (Fsp3) is 0.875. The minimum atomic E-state index is -0.887. The van der Waals surface area contributed by atoms with Crippen LogP contribution in [0, 0.1) is 10.8 Å². The third-order valence-corrected chi connectivity index (χ3v) is 5.16. The first-order chi connectivity index (χ1) is 9.67. The highest BCUT2D eigenvalue weighted by Crippen LogP contribution is 2.38. The summed E-state index contributed by atoms with van der Waals surface area (Å²) in [5.74, 6) is -0.929. The number of nitrogens with one attached hydrogen (secondary N) is 1. The third-order valence-electron chi connectivity index (χ3n) is 5.16. The number of hydrogen-bond donors (Lipinski definition) is 2. The lowest BCUT2D eigenvalue weighted by Crippen LogP contribution is -2.63. The normalized spacial score (nSPS) is 31.7. The van der Waals surface area contributed by atoms with Gasteiger partial charge in [0.1, 0.15) is 6.04 Å². The van der Waals surface area contributed by atoms with E-state index in [0.29, 0.717) is 6.54 Å². The van der Waals surface area contributed by atoms with Gasteiger partial charge in [-0.05, 0) is 43.1 Å². The van der Waals surface area contributed by atoms with Crippen molar-refractivity contribution in [3.8, 4) is 0 Å². The zero-order valence-corrected chi connectivity index (χ0v) is 13.6. The third kappa shape index (κ3) is 3.07. The van der Waals surface area contributed by atoms with Gasteiger partial charge in [0.15, 0.2) is 0 Å². The van der Waals surface area contributed by atoms with Gasteiger partial charge in [-0.15, -0.1) is 0 Å². The summed E-state index contributed by atoms with van der Waals surface area (Å²) in [6, 6.07) is -1.000. The lowest BCUT2D eigenvalue weighted by molar-refractivity contribution is -0.161. The number of carbonyl (C=O) groups excluding carboxylic acids is 1. The Kier molecular flexibility index (Phi) is 4.34. The molecule has 0 bridgehead atoms. The number of carbonyl (C=O) groups is 2. The zero-order valence-electron chi connectivity index (χ0n) is 13.6. The second-order valence-electron chi connectivity index (χ2n) is 7.84. The molecule has 0 radical (unpaired) electrons. The minimum Gasteiger partial charge on any atom is -0.480 e. The molecule has 0 aromatic rings. The Bertz CT molecular complexity index is 431. The lowest BCUT2D eigenvalue weighted by Gasteiger charge is -2.48. The molecule has 2 unspecified atom stereocenters. The number of aliphatic carboxylic acids is 1. The molecule has 21 heavy (non-hydrogen) atoms. The first kappa shape index (κ1) is 16.3. The van der Waals surface area contributed by atoms with Crippen molar-refractivity contribution in [2.75, 3.05) is 13.1 Å². The van der Waals surface area contributed by atoms with Crippen LogP contribution in [0.1, 0.15) is 53.4 Å². The summed E-state index contributed by atoms with van der Waals surface area (Å²) < 4.78 is 0. The number of nitrogens with zero attached hydrogens (tertiary/aromatic N) is 1. The predicted octanol–water partition coefficient (Wildman–Crippen LogP) is 1.87. The number of amides is 1. The maximum Gasteiger partial charge on any atom is 0.326 e. The molecule has 2 heterocycles. The fourth-order valence-corrected chi connectivity index (χ4v) is 3.90. The average Bonchev–Trinajstić information content (AvgIpc) is 2.35. The lowest BCUT2D eigenvalue weighted by atomic mass is 9.73. The van der Waals surface area contributed by atoms with Crippen molar-refractivity contribution in [2.45, 2.75) is 65.5 Å². The molecule has 2 aliphatic rings. The SMILES string of the molecule is CC1(C)CCCNC1C(=O)N1CCCC(C)(C)C1C(=O)O. The number of carboxylic acid groups (broad SMARTS) is 1. The molecule has 0 aliphatic carbocycles. The molecule has 2 rings (SSSR count). The molecule has 0 spiro atoms. The summed E-state index contributed by atoms with van der Waals surface area (Å²) in [6.07, 6.45) is 3.76. The smallest absolute Gasteiger partial charge is 0.326 e. The summed E-state index contributed by atoms with van der Waals surface area (Å²) in [6.45, 7) is 9.46. The van der Waals surface area contributed by atoms with E-state index < -0.39 is 12.0 Å². The number of hydrogen-bond acceptors (Lipinski definition) is 3. The van der Waals surface area contributed by atoms with Gasteiger partial charge in [0, 0.05) is 6.54 Å². The van der Waals surface area contributed by atoms with Crippen LogP contribution in [0.15, 0.2) is 0 Å². The van der Waals surface area contributed by atoms with Crippen LogP contribution in [0.3, 0.4) is 0 Å². The van der Waals surface area contributed by atoms with Crippen LogP contribution in [-0.4, -0.2) is 47.1 Å². The van der Waals surface area contributed by atoms with Gasteiger partial charge in [-0.2, -0.15) is 0 Å². The number of piperidine rings is 2. The van der Waals surface area contributed by atoms with Gasteiger partial charge in [0.25, 0.3) is 0 Å². The zero-order chi connectivity index (χ0) is 15.8. The molecule has 0 aromatic heterocycles. The fourth-order valence-electron chi connectivity index (χ4n) is 3.90. The van der Waals surface area contributed by atoms with Gasteiger partial charge in [-0.25, -0.2) is 4.79 Å². The van der Waals surface area contributed by atoms with Crippen molar-refractivity contribution in [3.05, 3.63) is 0 Å². The van der Waals surface area contributed by atoms with Crippen LogP contribution >= 0.6 is 0 Å². The Morgan fingerprint density at radius 1 is 1.10 bits per heavy atom. The van der Waals surface area contributed by atoms with Crippen LogP contribution in [0.5, 0.6) is 0 Å². The Morgan fingerprint density at radius 3 is 2.29 bits per heavy atom. The largest absolute Gasteiger partial charge is 0.480 e. The average molecular weight is 296 g/mol. The van der Waals surface area contributed by atoms with E-state index in [0.717, 1.165) is 32.2 Å². The molecule has 2 fully saturated rings. The number of rotatable bonds is 2. The van der Waals surface area contributed by atoms with Gasteiger partial charge >= 0.3 is 5.97 Å². The second kappa shape index (κ2) is 5.59. The Balaban J connectivity index is 2.25. The molecule has 1 amide bonds. The van der Waals surface area contributed by atoms with E-state index in [2.05, 4.69) is 19.2 Å².